The molecule has 2 heterocycles. The Labute approximate surface area is 97.1 Å². The lowest BCUT2D eigenvalue weighted by molar-refractivity contribution is -0.0359. The fourth-order valence-electron chi connectivity index (χ4n) is 2.41. The van der Waals surface area contributed by atoms with Crippen LogP contribution in [0, 0.1) is 0 Å². The number of aromatic nitrogens is 1. The molecule has 1 saturated heterocycles. The summed E-state index contributed by atoms with van der Waals surface area (Å²) < 4.78 is 0. The Morgan fingerprint density at radius 1 is 1.56 bits per heavy atom. The van der Waals surface area contributed by atoms with Crippen LogP contribution in [0.2, 0.25) is 0 Å². The molecule has 0 spiro atoms. The summed E-state index contributed by atoms with van der Waals surface area (Å²) in [7, 11) is 2.12. The number of aliphatic hydroxyl groups is 1. The molecular formula is C13H20N2O. The van der Waals surface area contributed by atoms with Crippen molar-refractivity contribution in [2.24, 2.45) is 0 Å². The predicted molar refractivity (Wildman–Crippen MR) is 64.2 cm³/mol. The van der Waals surface area contributed by atoms with E-state index in [9.17, 15) is 5.11 Å². The van der Waals surface area contributed by atoms with Gasteiger partial charge in [0.25, 0.3) is 0 Å². The molecule has 2 rings (SSSR count). The quantitative estimate of drug-likeness (QED) is 0.820. The Hall–Kier alpha value is -0.930. The molecule has 0 aliphatic carbocycles. The van der Waals surface area contributed by atoms with Gasteiger partial charge in [0.2, 0.25) is 0 Å². The van der Waals surface area contributed by atoms with E-state index >= 15 is 0 Å². The van der Waals surface area contributed by atoms with Crippen molar-refractivity contribution in [3.05, 3.63) is 30.1 Å². The molecule has 1 aromatic heterocycles. The predicted octanol–water partition coefficient (Wildman–Crippen LogP) is 1.47. The van der Waals surface area contributed by atoms with Crippen LogP contribution in [-0.4, -0.2) is 40.2 Å². The lowest BCUT2D eigenvalue weighted by Crippen LogP contribution is -2.48. The highest BCUT2D eigenvalue weighted by Crippen LogP contribution is 2.28. The van der Waals surface area contributed by atoms with Gasteiger partial charge in [0, 0.05) is 30.9 Å². The third-order valence-corrected chi connectivity index (χ3v) is 3.59. The summed E-state index contributed by atoms with van der Waals surface area (Å²) in [6.45, 7) is 3.13. The standard InChI is InChI=1S/C13H20N2O/c1-11-9-13(16,6-8-15(11)2)10-12-5-3-4-7-14-12/h3-5,7,11,16H,6,8-10H2,1-2H3. The first-order chi connectivity index (χ1) is 7.59. The molecule has 1 aromatic rings. The first-order valence-electron chi connectivity index (χ1n) is 5.92. The second-order valence-corrected chi connectivity index (χ2v) is 5.01. The summed E-state index contributed by atoms with van der Waals surface area (Å²) in [5, 5.41) is 10.5. The maximum absolute atomic E-state index is 10.5. The van der Waals surface area contributed by atoms with Gasteiger partial charge in [0.1, 0.15) is 0 Å². The molecule has 0 saturated carbocycles. The van der Waals surface area contributed by atoms with Crippen molar-refractivity contribution in [1.29, 1.82) is 0 Å². The highest BCUT2D eigenvalue weighted by atomic mass is 16.3. The number of likely N-dealkylation sites (tertiary alicyclic amines) is 1. The second-order valence-electron chi connectivity index (χ2n) is 5.01. The largest absolute Gasteiger partial charge is 0.389 e. The minimum Gasteiger partial charge on any atom is -0.389 e. The zero-order valence-corrected chi connectivity index (χ0v) is 10.1. The Bertz CT molecular complexity index is 341. The monoisotopic (exact) mass is 220 g/mol. The molecule has 2 atom stereocenters. The molecule has 0 aromatic carbocycles. The van der Waals surface area contributed by atoms with Crippen LogP contribution in [0.4, 0.5) is 0 Å². The van der Waals surface area contributed by atoms with Crippen molar-refractivity contribution >= 4 is 0 Å². The average Bonchev–Trinajstić information content (AvgIpc) is 2.25. The first kappa shape index (κ1) is 11.6. The minimum atomic E-state index is -0.569. The summed E-state index contributed by atoms with van der Waals surface area (Å²) in [6, 6.07) is 6.32. The van der Waals surface area contributed by atoms with E-state index in [4.69, 9.17) is 0 Å². The van der Waals surface area contributed by atoms with Gasteiger partial charge >= 0.3 is 0 Å². The molecule has 3 heteroatoms. The van der Waals surface area contributed by atoms with Gasteiger partial charge in [-0.3, -0.25) is 4.98 Å². The Morgan fingerprint density at radius 2 is 2.38 bits per heavy atom. The van der Waals surface area contributed by atoms with Crippen LogP contribution in [0.5, 0.6) is 0 Å². The lowest BCUT2D eigenvalue weighted by Gasteiger charge is -2.41. The van der Waals surface area contributed by atoms with Crippen molar-refractivity contribution in [1.82, 2.24) is 9.88 Å². The van der Waals surface area contributed by atoms with Gasteiger partial charge in [0.05, 0.1) is 5.60 Å². The maximum atomic E-state index is 10.5. The van der Waals surface area contributed by atoms with E-state index in [1.54, 1.807) is 6.20 Å². The van der Waals surface area contributed by atoms with Crippen LogP contribution in [0.15, 0.2) is 24.4 Å². The van der Waals surface area contributed by atoms with E-state index in [1.165, 1.54) is 0 Å². The number of piperidine rings is 1. The van der Waals surface area contributed by atoms with Crippen LogP contribution in [0.1, 0.15) is 25.5 Å². The maximum Gasteiger partial charge on any atom is 0.0730 e. The van der Waals surface area contributed by atoms with Crippen molar-refractivity contribution in [3.63, 3.8) is 0 Å². The molecular weight excluding hydrogens is 200 g/mol. The highest BCUT2D eigenvalue weighted by Gasteiger charge is 2.35. The average molecular weight is 220 g/mol. The molecule has 1 aliphatic heterocycles. The molecule has 0 bridgehead atoms. The van der Waals surface area contributed by atoms with E-state index in [0.29, 0.717) is 12.5 Å². The van der Waals surface area contributed by atoms with E-state index in [0.717, 1.165) is 25.1 Å². The number of hydrogen-bond donors (Lipinski definition) is 1. The summed E-state index contributed by atoms with van der Waals surface area (Å²) >= 11 is 0. The molecule has 88 valence electrons. The van der Waals surface area contributed by atoms with Crippen LogP contribution < -0.4 is 0 Å². The van der Waals surface area contributed by atoms with Crippen molar-refractivity contribution in [2.45, 2.75) is 37.8 Å². The van der Waals surface area contributed by atoms with Crippen LogP contribution >= 0.6 is 0 Å². The van der Waals surface area contributed by atoms with Crippen molar-refractivity contribution in [2.75, 3.05) is 13.6 Å². The number of rotatable bonds is 2. The number of pyridine rings is 1. The van der Waals surface area contributed by atoms with Gasteiger partial charge in [-0.2, -0.15) is 0 Å². The summed E-state index contributed by atoms with van der Waals surface area (Å²) in [5.74, 6) is 0. The van der Waals surface area contributed by atoms with Gasteiger partial charge < -0.3 is 10.0 Å². The van der Waals surface area contributed by atoms with Crippen LogP contribution in [-0.2, 0) is 6.42 Å². The number of hydrogen-bond acceptors (Lipinski definition) is 3. The minimum absolute atomic E-state index is 0.447. The molecule has 0 radical (unpaired) electrons. The van der Waals surface area contributed by atoms with E-state index in [1.807, 2.05) is 18.2 Å². The van der Waals surface area contributed by atoms with Gasteiger partial charge in [0.15, 0.2) is 0 Å². The fraction of sp³-hybridized carbons (Fsp3) is 0.615. The summed E-state index contributed by atoms with van der Waals surface area (Å²) in [5.41, 5.74) is 0.419. The van der Waals surface area contributed by atoms with Crippen LogP contribution in [0.3, 0.4) is 0 Å². The van der Waals surface area contributed by atoms with Gasteiger partial charge in [-0.1, -0.05) is 6.07 Å². The Balaban J connectivity index is 2.04. The smallest absolute Gasteiger partial charge is 0.0730 e. The Morgan fingerprint density at radius 3 is 3.00 bits per heavy atom. The third kappa shape index (κ3) is 2.60. The topological polar surface area (TPSA) is 36.4 Å². The fourth-order valence-corrected chi connectivity index (χ4v) is 2.41. The zero-order chi connectivity index (χ0) is 11.6. The summed E-state index contributed by atoms with van der Waals surface area (Å²) in [4.78, 5) is 6.59. The highest BCUT2D eigenvalue weighted by molar-refractivity contribution is 5.08. The third-order valence-electron chi connectivity index (χ3n) is 3.59. The van der Waals surface area contributed by atoms with E-state index in [-0.39, 0.29) is 0 Å². The van der Waals surface area contributed by atoms with Crippen LogP contribution in [0.25, 0.3) is 0 Å². The molecule has 1 fully saturated rings. The summed E-state index contributed by atoms with van der Waals surface area (Å²) in [6.07, 6.45) is 4.13. The van der Waals surface area contributed by atoms with E-state index < -0.39 is 5.60 Å². The molecule has 2 unspecified atom stereocenters. The SMILES string of the molecule is CC1CC(O)(Cc2ccccn2)CCN1C. The van der Waals surface area contributed by atoms with Crippen molar-refractivity contribution in [3.8, 4) is 0 Å². The molecule has 16 heavy (non-hydrogen) atoms. The number of nitrogens with zero attached hydrogens (tertiary/aromatic N) is 2. The van der Waals surface area contributed by atoms with E-state index in [2.05, 4.69) is 23.9 Å². The lowest BCUT2D eigenvalue weighted by atomic mass is 9.83. The van der Waals surface area contributed by atoms with Crippen molar-refractivity contribution < 1.29 is 5.11 Å². The first-order valence-corrected chi connectivity index (χ1v) is 5.92. The van der Waals surface area contributed by atoms with Gasteiger partial charge in [-0.05, 0) is 38.9 Å². The van der Waals surface area contributed by atoms with Gasteiger partial charge in [-0.15, -0.1) is 0 Å². The zero-order valence-electron chi connectivity index (χ0n) is 10.1. The molecule has 1 N–H and O–H groups in total. The molecule has 1 aliphatic rings. The normalized spacial score (nSPS) is 31.6. The van der Waals surface area contributed by atoms with Gasteiger partial charge in [-0.25, -0.2) is 0 Å². The molecule has 0 amide bonds. The molecule has 3 nitrogen and oxygen atoms in total. The Kier molecular flexibility index (Phi) is 3.26. The second kappa shape index (κ2) is 4.52.